The number of hydrogen-bond acceptors (Lipinski definition) is 6. The van der Waals surface area contributed by atoms with Gasteiger partial charge in [-0.15, -0.1) is 0 Å². The van der Waals surface area contributed by atoms with Crippen LogP contribution in [0.4, 0.5) is 0 Å². The minimum atomic E-state index is -3.02. The molecule has 2 fully saturated rings. The first-order valence-electron chi connectivity index (χ1n) is 6.79. The molecular weight excluding hydrogens is 268 g/mol. The van der Waals surface area contributed by atoms with Gasteiger partial charge >= 0.3 is 5.97 Å². The first-order valence-corrected chi connectivity index (χ1v) is 8.62. The number of carbonyl (C=O) groups is 1. The van der Waals surface area contributed by atoms with Crippen LogP contribution < -0.4 is 5.73 Å². The highest BCUT2D eigenvalue weighted by atomic mass is 32.2. The number of hydrogen-bond donors (Lipinski definition) is 1. The summed E-state index contributed by atoms with van der Waals surface area (Å²) in [5, 5.41) is 0. The lowest BCUT2D eigenvalue weighted by molar-refractivity contribution is -0.150. The minimum Gasteiger partial charge on any atom is -0.466 e. The Labute approximate surface area is 114 Å². The fourth-order valence-corrected chi connectivity index (χ4v) is 4.92. The van der Waals surface area contributed by atoms with Crippen LogP contribution in [0.15, 0.2) is 0 Å². The molecule has 3 unspecified atom stereocenters. The molecule has 0 radical (unpaired) electrons. The van der Waals surface area contributed by atoms with Crippen molar-refractivity contribution in [2.24, 2.45) is 11.7 Å². The molecule has 19 heavy (non-hydrogen) atoms. The van der Waals surface area contributed by atoms with Crippen molar-refractivity contribution < 1.29 is 17.9 Å². The molecule has 2 aliphatic heterocycles. The van der Waals surface area contributed by atoms with E-state index in [4.69, 9.17) is 10.5 Å². The lowest BCUT2D eigenvalue weighted by atomic mass is 9.96. The minimum absolute atomic E-state index is 0.0538. The second-order valence-corrected chi connectivity index (χ2v) is 7.55. The van der Waals surface area contributed by atoms with Gasteiger partial charge in [-0.05, 0) is 26.3 Å². The van der Waals surface area contributed by atoms with Crippen molar-refractivity contribution in [3.05, 3.63) is 0 Å². The number of ether oxygens (including phenoxy) is 1. The van der Waals surface area contributed by atoms with Gasteiger partial charge in [0.05, 0.1) is 24.0 Å². The first kappa shape index (κ1) is 14.7. The molecule has 6 nitrogen and oxygen atoms in total. The standard InChI is InChI=1S/C12H22N2O4S/c1-2-18-12(15)9-4-3-5-14(6-9)11-8-19(16,17)7-10(11)13/h9-11H,2-8,13H2,1H3. The molecular formula is C12H22N2O4S. The fraction of sp³-hybridized carbons (Fsp3) is 0.917. The van der Waals surface area contributed by atoms with E-state index in [0.717, 1.165) is 19.4 Å². The van der Waals surface area contributed by atoms with E-state index in [2.05, 4.69) is 4.90 Å². The summed E-state index contributed by atoms with van der Waals surface area (Å²) >= 11 is 0. The van der Waals surface area contributed by atoms with Crippen molar-refractivity contribution in [2.75, 3.05) is 31.2 Å². The van der Waals surface area contributed by atoms with E-state index in [1.807, 2.05) is 0 Å². The zero-order chi connectivity index (χ0) is 14.0. The fourth-order valence-electron chi connectivity index (χ4n) is 2.99. The topological polar surface area (TPSA) is 89.7 Å². The quantitative estimate of drug-likeness (QED) is 0.697. The largest absolute Gasteiger partial charge is 0.466 e. The summed E-state index contributed by atoms with van der Waals surface area (Å²) in [7, 11) is -3.02. The van der Waals surface area contributed by atoms with Crippen LogP contribution in [0.5, 0.6) is 0 Å². The zero-order valence-corrected chi connectivity index (χ0v) is 12.1. The normalized spacial score (nSPS) is 35.2. The van der Waals surface area contributed by atoms with Crippen molar-refractivity contribution in [2.45, 2.75) is 31.8 Å². The average molecular weight is 290 g/mol. The van der Waals surface area contributed by atoms with Gasteiger partial charge < -0.3 is 10.5 Å². The Balaban J connectivity index is 2.00. The van der Waals surface area contributed by atoms with Gasteiger partial charge in [-0.3, -0.25) is 9.69 Å². The van der Waals surface area contributed by atoms with Crippen molar-refractivity contribution in [1.29, 1.82) is 0 Å². The Kier molecular flexibility index (Phi) is 4.47. The Morgan fingerprint density at radius 2 is 2.16 bits per heavy atom. The first-order chi connectivity index (χ1) is 8.93. The van der Waals surface area contributed by atoms with E-state index in [1.165, 1.54) is 0 Å². The molecule has 0 aromatic rings. The number of sulfone groups is 1. The number of piperidine rings is 1. The Bertz CT molecular complexity index is 437. The summed E-state index contributed by atoms with van der Waals surface area (Å²) in [6, 6.07) is -0.492. The highest BCUT2D eigenvalue weighted by Crippen LogP contribution is 2.24. The van der Waals surface area contributed by atoms with E-state index in [-0.39, 0.29) is 35.5 Å². The summed E-state index contributed by atoms with van der Waals surface area (Å²) in [5.74, 6) is -0.159. The second kappa shape index (κ2) is 5.76. The maximum atomic E-state index is 11.8. The predicted molar refractivity (Wildman–Crippen MR) is 71.3 cm³/mol. The van der Waals surface area contributed by atoms with Gasteiger partial charge in [-0.25, -0.2) is 8.42 Å². The lowest BCUT2D eigenvalue weighted by Crippen LogP contribution is -2.52. The number of nitrogens with zero attached hydrogens (tertiary/aromatic N) is 1. The third kappa shape index (κ3) is 3.46. The van der Waals surface area contributed by atoms with Crippen LogP contribution >= 0.6 is 0 Å². The van der Waals surface area contributed by atoms with Crippen molar-refractivity contribution in [3.8, 4) is 0 Å². The molecule has 2 aliphatic rings. The van der Waals surface area contributed by atoms with E-state index >= 15 is 0 Å². The molecule has 110 valence electrons. The van der Waals surface area contributed by atoms with Crippen LogP contribution in [0.2, 0.25) is 0 Å². The van der Waals surface area contributed by atoms with Crippen LogP contribution in [0.1, 0.15) is 19.8 Å². The van der Waals surface area contributed by atoms with E-state index in [9.17, 15) is 13.2 Å². The molecule has 0 aromatic heterocycles. The summed E-state index contributed by atoms with van der Waals surface area (Å²) < 4.78 is 28.3. The van der Waals surface area contributed by atoms with E-state index in [1.54, 1.807) is 6.92 Å². The lowest BCUT2D eigenvalue weighted by Gasteiger charge is -2.36. The van der Waals surface area contributed by atoms with Crippen molar-refractivity contribution in [1.82, 2.24) is 4.90 Å². The van der Waals surface area contributed by atoms with Crippen LogP contribution in [-0.2, 0) is 19.4 Å². The summed E-state index contributed by atoms with van der Waals surface area (Å²) in [5.41, 5.74) is 5.93. The molecule has 3 atom stereocenters. The Morgan fingerprint density at radius 3 is 2.74 bits per heavy atom. The average Bonchev–Trinajstić information content (AvgIpc) is 2.63. The van der Waals surface area contributed by atoms with Gasteiger partial charge in [0, 0.05) is 18.6 Å². The van der Waals surface area contributed by atoms with Gasteiger partial charge in [0.1, 0.15) is 0 Å². The molecule has 2 saturated heterocycles. The maximum Gasteiger partial charge on any atom is 0.310 e. The van der Waals surface area contributed by atoms with Gasteiger partial charge in [-0.2, -0.15) is 0 Å². The van der Waals surface area contributed by atoms with E-state index in [0.29, 0.717) is 13.2 Å². The van der Waals surface area contributed by atoms with Gasteiger partial charge in [0.25, 0.3) is 0 Å². The number of esters is 1. The molecule has 7 heteroatoms. The predicted octanol–water partition coefficient (Wildman–Crippen LogP) is -0.614. The monoisotopic (exact) mass is 290 g/mol. The summed E-state index contributed by atoms with van der Waals surface area (Å²) in [6.45, 7) is 3.54. The third-order valence-electron chi connectivity index (χ3n) is 3.91. The molecule has 2 N–H and O–H groups in total. The highest BCUT2D eigenvalue weighted by molar-refractivity contribution is 7.91. The summed E-state index contributed by atoms with van der Waals surface area (Å²) in [4.78, 5) is 13.8. The maximum absolute atomic E-state index is 11.8. The van der Waals surface area contributed by atoms with Crippen LogP contribution in [0.3, 0.4) is 0 Å². The third-order valence-corrected chi connectivity index (χ3v) is 5.65. The zero-order valence-electron chi connectivity index (χ0n) is 11.2. The number of carbonyl (C=O) groups excluding carboxylic acids is 1. The Morgan fingerprint density at radius 1 is 1.42 bits per heavy atom. The molecule has 0 saturated carbocycles. The number of likely N-dealkylation sites (tertiary alicyclic amines) is 1. The summed E-state index contributed by atoms with van der Waals surface area (Å²) in [6.07, 6.45) is 1.69. The second-order valence-electron chi connectivity index (χ2n) is 5.39. The number of nitrogens with two attached hydrogens (primary N) is 1. The van der Waals surface area contributed by atoms with Gasteiger partial charge in [-0.1, -0.05) is 0 Å². The van der Waals surface area contributed by atoms with Gasteiger partial charge in [0.15, 0.2) is 9.84 Å². The van der Waals surface area contributed by atoms with Crippen LogP contribution in [0, 0.1) is 5.92 Å². The molecule has 2 heterocycles. The molecule has 0 amide bonds. The van der Waals surface area contributed by atoms with Crippen molar-refractivity contribution in [3.63, 3.8) is 0 Å². The molecule has 0 aliphatic carbocycles. The number of rotatable bonds is 3. The molecule has 0 spiro atoms. The molecule has 2 rings (SSSR count). The molecule has 0 bridgehead atoms. The van der Waals surface area contributed by atoms with Crippen LogP contribution in [-0.4, -0.2) is 62.6 Å². The smallest absolute Gasteiger partial charge is 0.310 e. The molecule has 0 aromatic carbocycles. The highest BCUT2D eigenvalue weighted by Gasteiger charge is 2.41. The van der Waals surface area contributed by atoms with Crippen molar-refractivity contribution >= 4 is 15.8 Å². The van der Waals surface area contributed by atoms with Crippen LogP contribution in [0.25, 0.3) is 0 Å². The SMILES string of the molecule is CCOC(=O)C1CCCN(C2CS(=O)(=O)CC2N)C1. The van der Waals surface area contributed by atoms with E-state index < -0.39 is 9.84 Å². The van der Waals surface area contributed by atoms with Gasteiger partial charge in [0.2, 0.25) is 0 Å². The Hall–Kier alpha value is -0.660.